The third kappa shape index (κ3) is 4.12. The molecule has 0 bridgehead atoms. The van der Waals surface area contributed by atoms with Gasteiger partial charge in [-0.15, -0.1) is 0 Å². The lowest BCUT2D eigenvalue weighted by atomic mass is 9.80. The van der Waals surface area contributed by atoms with Crippen LogP contribution in [0.15, 0.2) is 47.4 Å². The number of benzene rings is 2. The predicted molar refractivity (Wildman–Crippen MR) is 109 cm³/mol. The number of rotatable bonds is 3. The lowest BCUT2D eigenvalue weighted by molar-refractivity contribution is 0.0160. The minimum Gasteiger partial charge on any atom is -0.390 e. The summed E-state index contributed by atoms with van der Waals surface area (Å²) in [4.78, 5) is 0.0612. The van der Waals surface area contributed by atoms with Crippen molar-refractivity contribution in [3.63, 3.8) is 0 Å². The fourth-order valence-electron chi connectivity index (χ4n) is 3.52. The van der Waals surface area contributed by atoms with E-state index in [1.54, 1.807) is 37.3 Å². The highest BCUT2D eigenvalue weighted by molar-refractivity contribution is 8.06. The molecule has 1 aliphatic rings. The van der Waals surface area contributed by atoms with Gasteiger partial charge in [-0.05, 0) is 68.0 Å². The molecule has 2 aromatic rings. The number of halogens is 1. The van der Waals surface area contributed by atoms with Gasteiger partial charge in [-0.25, -0.2) is 8.42 Å². The standard InChI is InChI=1S/C21H21ClN2O3S/c1-21(25)10-8-15(9-11-21)20(24)28(26,27)18-5-2-14(3-6-18)19-7-4-17(22)12-16(19)13-23/h2-7,12,15,24-25H,8-11H2,1H3. The second-order valence-corrected chi connectivity index (χ2v) is 9.82. The zero-order chi connectivity index (χ0) is 20.5. The summed E-state index contributed by atoms with van der Waals surface area (Å²) in [5.74, 6) is -0.369. The first-order valence-corrected chi connectivity index (χ1v) is 10.9. The molecule has 5 nitrogen and oxygen atoms in total. The summed E-state index contributed by atoms with van der Waals surface area (Å²) in [6.07, 6.45) is 1.95. The van der Waals surface area contributed by atoms with E-state index in [9.17, 15) is 18.8 Å². The topological polar surface area (TPSA) is 102 Å². The molecular formula is C21H21ClN2O3S. The molecule has 146 valence electrons. The molecule has 28 heavy (non-hydrogen) atoms. The number of sulfone groups is 1. The van der Waals surface area contributed by atoms with Crippen LogP contribution in [-0.2, 0) is 9.84 Å². The Hall–Kier alpha value is -2.20. The first-order valence-electron chi connectivity index (χ1n) is 9.00. The number of nitrogens with one attached hydrogen (secondary N) is 1. The van der Waals surface area contributed by atoms with Gasteiger partial charge in [0.2, 0.25) is 9.84 Å². The van der Waals surface area contributed by atoms with Crippen molar-refractivity contribution in [2.75, 3.05) is 0 Å². The Bertz CT molecular complexity index is 1040. The van der Waals surface area contributed by atoms with Gasteiger partial charge < -0.3 is 5.11 Å². The van der Waals surface area contributed by atoms with E-state index in [0.717, 1.165) is 0 Å². The van der Waals surface area contributed by atoms with Crippen LogP contribution in [0.3, 0.4) is 0 Å². The van der Waals surface area contributed by atoms with Crippen LogP contribution in [0.1, 0.15) is 38.2 Å². The van der Waals surface area contributed by atoms with Crippen molar-refractivity contribution in [1.82, 2.24) is 0 Å². The van der Waals surface area contributed by atoms with E-state index >= 15 is 0 Å². The molecule has 7 heteroatoms. The molecule has 0 radical (unpaired) electrons. The summed E-state index contributed by atoms with van der Waals surface area (Å²) in [5.41, 5.74) is 0.997. The van der Waals surface area contributed by atoms with Crippen molar-refractivity contribution in [1.29, 1.82) is 10.7 Å². The van der Waals surface area contributed by atoms with Gasteiger partial charge in [0.1, 0.15) is 5.04 Å². The Morgan fingerprint density at radius 1 is 1.21 bits per heavy atom. The molecule has 3 rings (SSSR count). The molecule has 0 atom stereocenters. The zero-order valence-corrected chi connectivity index (χ0v) is 17.0. The Kier molecular flexibility index (Phi) is 5.62. The number of nitriles is 1. The first kappa shape index (κ1) is 20.5. The highest BCUT2D eigenvalue weighted by Gasteiger charge is 2.35. The van der Waals surface area contributed by atoms with Gasteiger partial charge in [0, 0.05) is 10.9 Å². The number of hydrogen-bond acceptors (Lipinski definition) is 5. The van der Waals surface area contributed by atoms with Gasteiger partial charge >= 0.3 is 0 Å². The molecule has 2 N–H and O–H groups in total. The average molecular weight is 417 g/mol. The quantitative estimate of drug-likeness (QED) is 0.565. The second kappa shape index (κ2) is 7.67. The number of hydrogen-bond donors (Lipinski definition) is 2. The lowest BCUT2D eigenvalue weighted by Gasteiger charge is -2.33. The van der Waals surface area contributed by atoms with Crippen molar-refractivity contribution in [3.8, 4) is 17.2 Å². The van der Waals surface area contributed by atoms with E-state index < -0.39 is 15.4 Å². The maximum Gasteiger partial charge on any atom is 0.219 e. The third-order valence-electron chi connectivity index (χ3n) is 5.30. The third-order valence-corrected chi connectivity index (χ3v) is 7.34. The van der Waals surface area contributed by atoms with E-state index in [2.05, 4.69) is 6.07 Å². The SMILES string of the molecule is CC1(O)CCC(C(=N)S(=O)(=O)c2ccc(-c3ccc(Cl)cc3C#N)cc2)CC1. The van der Waals surface area contributed by atoms with Crippen LogP contribution in [0, 0.1) is 22.7 Å². The van der Waals surface area contributed by atoms with Gasteiger partial charge in [-0.1, -0.05) is 29.8 Å². The van der Waals surface area contributed by atoms with Crippen LogP contribution in [0.4, 0.5) is 0 Å². The lowest BCUT2D eigenvalue weighted by Crippen LogP contribution is -2.35. The summed E-state index contributed by atoms with van der Waals surface area (Å²) in [6.45, 7) is 1.74. The largest absolute Gasteiger partial charge is 0.390 e. The Morgan fingerprint density at radius 2 is 1.82 bits per heavy atom. The predicted octanol–water partition coefficient (Wildman–Crippen LogP) is 4.57. The molecule has 0 aliphatic heterocycles. The van der Waals surface area contributed by atoms with Gasteiger partial charge in [-0.2, -0.15) is 5.26 Å². The molecule has 1 aliphatic carbocycles. The number of nitrogens with zero attached hydrogens (tertiary/aromatic N) is 1. The molecule has 0 unspecified atom stereocenters. The van der Waals surface area contributed by atoms with E-state index in [0.29, 0.717) is 47.4 Å². The van der Waals surface area contributed by atoms with E-state index in [-0.39, 0.29) is 15.9 Å². The molecule has 0 saturated heterocycles. The number of aliphatic hydroxyl groups is 1. The second-order valence-electron chi connectivity index (χ2n) is 7.46. The summed E-state index contributed by atoms with van der Waals surface area (Å²) in [6, 6.07) is 13.3. The summed E-state index contributed by atoms with van der Waals surface area (Å²) in [7, 11) is -3.88. The van der Waals surface area contributed by atoms with Gasteiger partial charge in [0.05, 0.1) is 22.1 Å². The van der Waals surface area contributed by atoms with Crippen LogP contribution in [0.25, 0.3) is 11.1 Å². The molecule has 0 amide bonds. The average Bonchev–Trinajstić information content (AvgIpc) is 2.67. The van der Waals surface area contributed by atoms with Crippen LogP contribution >= 0.6 is 11.6 Å². The molecule has 0 aromatic heterocycles. The maximum absolute atomic E-state index is 12.9. The van der Waals surface area contributed by atoms with Gasteiger partial charge in [-0.3, -0.25) is 5.41 Å². The molecular weight excluding hydrogens is 396 g/mol. The minimum atomic E-state index is -3.88. The summed E-state index contributed by atoms with van der Waals surface area (Å²) in [5, 5.41) is 27.7. The normalized spacial score (nSPS) is 22.4. The van der Waals surface area contributed by atoms with Gasteiger partial charge in [0.25, 0.3) is 0 Å². The van der Waals surface area contributed by atoms with E-state index in [1.807, 2.05) is 0 Å². The zero-order valence-electron chi connectivity index (χ0n) is 15.4. The minimum absolute atomic E-state index is 0.0612. The van der Waals surface area contributed by atoms with Crippen LogP contribution in [-0.4, -0.2) is 24.2 Å². The first-order chi connectivity index (χ1) is 13.1. The molecule has 0 spiro atoms. The van der Waals surface area contributed by atoms with Crippen molar-refractivity contribution in [2.24, 2.45) is 5.92 Å². The molecule has 2 aromatic carbocycles. The van der Waals surface area contributed by atoms with Crippen molar-refractivity contribution < 1.29 is 13.5 Å². The Labute approximate surface area is 170 Å². The van der Waals surface area contributed by atoms with Crippen LogP contribution in [0.2, 0.25) is 5.02 Å². The Balaban J connectivity index is 1.85. The smallest absolute Gasteiger partial charge is 0.219 e. The molecule has 1 saturated carbocycles. The van der Waals surface area contributed by atoms with Crippen molar-refractivity contribution >= 4 is 26.5 Å². The fourth-order valence-corrected chi connectivity index (χ4v) is 5.12. The summed E-state index contributed by atoms with van der Waals surface area (Å²) >= 11 is 5.92. The molecule has 1 fully saturated rings. The van der Waals surface area contributed by atoms with E-state index in [1.165, 1.54) is 12.1 Å². The van der Waals surface area contributed by atoms with Gasteiger partial charge in [0.15, 0.2) is 0 Å². The molecule has 0 heterocycles. The summed E-state index contributed by atoms with van der Waals surface area (Å²) < 4.78 is 25.7. The fraction of sp³-hybridized carbons (Fsp3) is 0.333. The highest BCUT2D eigenvalue weighted by Crippen LogP contribution is 2.34. The Morgan fingerprint density at radius 3 is 2.39 bits per heavy atom. The van der Waals surface area contributed by atoms with E-state index in [4.69, 9.17) is 17.0 Å². The maximum atomic E-state index is 12.9. The van der Waals surface area contributed by atoms with Crippen molar-refractivity contribution in [3.05, 3.63) is 53.1 Å². The monoisotopic (exact) mass is 416 g/mol. The van der Waals surface area contributed by atoms with Crippen molar-refractivity contribution in [2.45, 2.75) is 43.1 Å². The van der Waals surface area contributed by atoms with Crippen LogP contribution < -0.4 is 0 Å². The van der Waals surface area contributed by atoms with Crippen LogP contribution in [0.5, 0.6) is 0 Å². The highest BCUT2D eigenvalue weighted by atomic mass is 35.5.